The maximum Gasteiger partial charge on any atom is 0.414 e. The third-order valence-corrected chi connectivity index (χ3v) is 6.46. The number of rotatable bonds is 5. The first-order chi connectivity index (χ1) is 14.0. The molecule has 1 heterocycles. The van der Waals surface area contributed by atoms with Crippen molar-refractivity contribution in [3.05, 3.63) is 53.8 Å². The van der Waals surface area contributed by atoms with Crippen molar-refractivity contribution in [3.8, 4) is 0 Å². The average molecular weight is 436 g/mol. The third-order valence-electron chi connectivity index (χ3n) is 4.53. The number of carbonyl (C=O) groups is 2. The van der Waals surface area contributed by atoms with Crippen molar-refractivity contribution >= 4 is 21.9 Å². The molecule has 30 heavy (non-hydrogen) atoms. The van der Waals surface area contributed by atoms with Crippen LogP contribution in [0.1, 0.15) is 40.5 Å². The van der Waals surface area contributed by atoms with Crippen molar-refractivity contribution < 1.29 is 27.5 Å². The molecule has 164 valence electrons. The van der Waals surface area contributed by atoms with E-state index < -0.39 is 32.8 Å². The monoisotopic (exact) mass is 435 g/mol. The van der Waals surface area contributed by atoms with E-state index in [0.29, 0.717) is 25.0 Å². The Kier molecular flexibility index (Phi) is 7.47. The zero-order valence-corrected chi connectivity index (χ0v) is 18.9. The molecule has 0 saturated carbocycles. The van der Waals surface area contributed by atoms with Gasteiger partial charge in [0.15, 0.2) is 15.1 Å². The van der Waals surface area contributed by atoms with Crippen LogP contribution < -0.4 is 0 Å². The molecule has 0 saturated heterocycles. The molecule has 0 fully saturated rings. The second kappa shape index (κ2) is 9.47. The van der Waals surface area contributed by atoms with Crippen LogP contribution in [0, 0.1) is 0 Å². The van der Waals surface area contributed by atoms with Crippen LogP contribution in [-0.2, 0) is 24.1 Å². The highest BCUT2D eigenvalue weighted by atomic mass is 32.2. The number of ether oxygens (including phenoxy) is 2. The summed E-state index contributed by atoms with van der Waals surface area (Å²) in [6, 6.07) is 7.78. The zero-order chi connectivity index (χ0) is 22.5. The van der Waals surface area contributed by atoms with Gasteiger partial charge in [0, 0.05) is 12.7 Å². The Labute approximate surface area is 178 Å². The molecule has 8 heteroatoms. The van der Waals surface area contributed by atoms with Crippen molar-refractivity contribution in [2.45, 2.75) is 56.3 Å². The van der Waals surface area contributed by atoms with Gasteiger partial charge in [0.05, 0.1) is 12.0 Å². The normalized spacial score (nSPS) is 16.5. The highest BCUT2D eigenvalue weighted by molar-refractivity contribution is 7.93. The van der Waals surface area contributed by atoms with Crippen molar-refractivity contribution in [2.75, 3.05) is 13.7 Å². The van der Waals surface area contributed by atoms with Crippen LogP contribution in [0.4, 0.5) is 4.79 Å². The molecule has 7 nitrogen and oxygen atoms in total. The molecule has 0 spiro atoms. The molecule has 1 atom stereocenters. The summed E-state index contributed by atoms with van der Waals surface area (Å²) in [5, 5.41) is -1.48. The van der Waals surface area contributed by atoms with E-state index in [2.05, 4.69) is 0 Å². The number of methoxy groups -OCH3 is 1. The Hall–Kier alpha value is -2.61. The second-order valence-corrected chi connectivity index (χ2v) is 10.2. The van der Waals surface area contributed by atoms with E-state index in [4.69, 9.17) is 9.47 Å². The number of nitrogens with zero attached hydrogens (tertiary/aromatic N) is 1. The molecule has 1 aromatic rings. The number of hydrogen-bond donors (Lipinski definition) is 0. The zero-order valence-electron chi connectivity index (χ0n) is 18.0. The second-order valence-electron chi connectivity index (χ2n) is 8.08. The molecule has 1 aromatic carbocycles. The summed E-state index contributed by atoms with van der Waals surface area (Å²) in [5.41, 5.74) is 0.745. The molecule has 2 rings (SSSR count). The molecule has 0 aliphatic carbocycles. The Balaban J connectivity index is 2.37. The molecule has 0 bridgehead atoms. The number of amides is 1. The molecular formula is C22H29NO6S. The van der Waals surface area contributed by atoms with E-state index in [-0.39, 0.29) is 4.90 Å². The number of carbonyl (C=O) groups excluding carboxylic acids is 2. The first-order valence-electron chi connectivity index (χ1n) is 9.71. The molecular weight excluding hydrogens is 406 g/mol. The van der Waals surface area contributed by atoms with Crippen LogP contribution in [0.2, 0.25) is 0 Å². The van der Waals surface area contributed by atoms with Crippen molar-refractivity contribution in [1.82, 2.24) is 4.90 Å². The Morgan fingerprint density at radius 1 is 1.17 bits per heavy atom. The minimum Gasteiger partial charge on any atom is -0.468 e. The first kappa shape index (κ1) is 23.7. The van der Waals surface area contributed by atoms with Gasteiger partial charge in [-0.05, 0) is 63.8 Å². The molecule has 0 aromatic heterocycles. The largest absolute Gasteiger partial charge is 0.468 e. The van der Waals surface area contributed by atoms with Crippen molar-refractivity contribution in [1.29, 1.82) is 0 Å². The Morgan fingerprint density at radius 3 is 2.37 bits per heavy atom. The van der Waals surface area contributed by atoms with Gasteiger partial charge in [0.25, 0.3) is 0 Å². The van der Waals surface area contributed by atoms with Crippen LogP contribution in [0.25, 0.3) is 0 Å². The summed E-state index contributed by atoms with van der Waals surface area (Å²) in [6.45, 7) is 7.61. The summed E-state index contributed by atoms with van der Waals surface area (Å²) in [4.78, 5) is 26.2. The first-order valence-corrected chi connectivity index (χ1v) is 11.3. The summed E-state index contributed by atoms with van der Waals surface area (Å²) < 4.78 is 36.2. The number of esters is 1. The lowest BCUT2D eigenvalue weighted by atomic mass is 9.99. The maximum absolute atomic E-state index is 13.0. The van der Waals surface area contributed by atoms with E-state index in [9.17, 15) is 18.0 Å². The fourth-order valence-corrected chi connectivity index (χ4v) is 4.57. The highest BCUT2D eigenvalue weighted by Gasteiger charge is 2.34. The van der Waals surface area contributed by atoms with Crippen LogP contribution in [0.5, 0.6) is 0 Å². The van der Waals surface area contributed by atoms with Crippen molar-refractivity contribution in [3.63, 3.8) is 0 Å². The fraction of sp³-hybridized carbons (Fsp3) is 0.455. The van der Waals surface area contributed by atoms with Gasteiger partial charge < -0.3 is 9.47 Å². The Bertz CT molecular complexity index is 942. The lowest BCUT2D eigenvalue weighted by molar-refractivity contribution is -0.139. The van der Waals surface area contributed by atoms with Gasteiger partial charge in [0.1, 0.15) is 5.60 Å². The van der Waals surface area contributed by atoms with E-state index in [1.807, 2.05) is 0 Å². The lowest BCUT2D eigenvalue weighted by Gasteiger charge is -2.29. The molecule has 0 radical (unpaired) electrons. The number of hydrogen-bond acceptors (Lipinski definition) is 6. The van der Waals surface area contributed by atoms with Crippen molar-refractivity contribution in [2.24, 2.45) is 0 Å². The number of benzene rings is 1. The van der Waals surface area contributed by atoms with E-state index >= 15 is 0 Å². The van der Waals surface area contributed by atoms with Gasteiger partial charge in [-0.15, -0.1) is 0 Å². The lowest BCUT2D eigenvalue weighted by Crippen LogP contribution is -2.36. The third kappa shape index (κ3) is 5.95. The Morgan fingerprint density at radius 2 is 1.80 bits per heavy atom. The van der Waals surface area contributed by atoms with Gasteiger partial charge in [0.2, 0.25) is 0 Å². The molecule has 1 unspecified atom stereocenters. The topological polar surface area (TPSA) is 90.0 Å². The van der Waals surface area contributed by atoms with Gasteiger partial charge in [-0.1, -0.05) is 24.3 Å². The minimum absolute atomic E-state index is 0.0393. The summed E-state index contributed by atoms with van der Waals surface area (Å²) in [6.07, 6.45) is 3.94. The summed E-state index contributed by atoms with van der Waals surface area (Å²) in [7, 11) is -2.83. The average Bonchev–Trinajstić information content (AvgIpc) is 2.70. The van der Waals surface area contributed by atoms with Crippen LogP contribution in [-0.4, -0.2) is 49.9 Å². The van der Waals surface area contributed by atoms with Gasteiger partial charge in [-0.2, -0.15) is 0 Å². The minimum atomic E-state index is -3.98. The van der Waals surface area contributed by atoms with Gasteiger partial charge >= 0.3 is 12.1 Å². The highest BCUT2D eigenvalue weighted by Crippen LogP contribution is 2.26. The van der Waals surface area contributed by atoms with E-state index in [0.717, 1.165) is 12.7 Å². The predicted molar refractivity (Wildman–Crippen MR) is 113 cm³/mol. The fourth-order valence-electron chi connectivity index (χ4n) is 3.01. The summed E-state index contributed by atoms with van der Waals surface area (Å²) in [5.74, 6) is -0.862. The van der Waals surface area contributed by atoms with E-state index in [1.54, 1.807) is 52.1 Å². The quantitative estimate of drug-likeness (QED) is 0.653. The van der Waals surface area contributed by atoms with Crippen LogP contribution in [0.3, 0.4) is 0 Å². The number of sulfone groups is 1. The SMILES string of the molecule is COC(=O)C(/C=C(\C)C1=CN(C(=O)OC(C)(C)C)CCC1)S(=O)(=O)c1ccccc1. The standard InChI is InChI=1S/C22H29NO6S/c1-16(17-10-9-13-23(15-17)21(25)29-22(2,3)4)14-19(20(24)28-5)30(26,27)18-11-7-6-8-12-18/h6-8,11-12,14-15,19H,9-10,13H2,1-5H3/b16-14+. The molecule has 1 amide bonds. The van der Waals surface area contributed by atoms with Gasteiger partial charge in [-0.25, -0.2) is 13.2 Å². The molecule has 1 aliphatic heterocycles. The van der Waals surface area contributed by atoms with Gasteiger partial charge in [-0.3, -0.25) is 9.69 Å². The predicted octanol–water partition coefficient (Wildman–Crippen LogP) is 3.86. The summed E-state index contributed by atoms with van der Waals surface area (Å²) >= 11 is 0. The molecule has 1 aliphatic rings. The smallest absolute Gasteiger partial charge is 0.414 e. The van der Waals surface area contributed by atoms with E-state index in [1.165, 1.54) is 23.1 Å². The van der Waals surface area contributed by atoms with Crippen LogP contribution >= 0.6 is 0 Å². The molecule has 0 N–H and O–H groups in total. The van der Waals surface area contributed by atoms with Crippen LogP contribution in [0.15, 0.2) is 58.6 Å². The number of allylic oxidation sites excluding steroid dienone is 2. The maximum atomic E-state index is 13.0.